The molecule has 0 atom stereocenters. The molecule has 1 N–H and O–H groups in total. The quantitative estimate of drug-likeness (QED) is 0.832. The van der Waals surface area contributed by atoms with E-state index in [2.05, 4.69) is 4.72 Å². The van der Waals surface area contributed by atoms with E-state index in [4.69, 9.17) is 4.74 Å². The summed E-state index contributed by atoms with van der Waals surface area (Å²) in [5.41, 5.74) is 3.14. The molecule has 0 spiro atoms. The normalized spacial score (nSPS) is 11.7. The fraction of sp³-hybridized carbons (Fsp3) is 0.368. The summed E-state index contributed by atoms with van der Waals surface area (Å²) in [7, 11) is -2.13. The third-order valence-corrected chi connectivity index (χ3v) is 5.49. The van der Waals surface area contributed by atoms with Crippen LogP contribution in [0.1, 0.15) is 36.5 Å². The standard InChI is InChI=1S/C19H25NO3S/c1-14(2)17-13-19(18(23-4)12-15(17)3)24(21,22)20-11-10-16-8-6-5-7-9-16/h5-9,12-14,20H,10-11H2,1-4H3. The topological polar surface area (TPSA) is 55.4 Å². The largest absolute Gasteiger partial charge is 0.495 e. The summed E-state index contributed by atoms with van der Waals surface area (Å²) in [6, 6.07) is 13.3. The molecule has 0 saturated carbocycles. The van der Waals surface area contributed by atoms with Crippen LogP contribution >= 0.6 is 0 Å². The van der Waals surface area contributed by atoms with E-state index in [9.17, 15) is 8.42 Å². The van der Waals surface area contributed by atoms with Crippen molar-refractivity contribution in [3.63, 3.8) is 0 Å². The Kier molecular flexibility index (Phi) is 6.02. The van der Waals surface area contributed by atoms with E-state index in [1.54, 1.807) is 12.1 Å². The van der Waals surface area contributed by atoms with E-state index in [1.807, 2.05) is 51.1 Å². The van der Waals surface area contributed by atoms with E-state index in [1.165, 1.54) is 7.11 Å². The second-order valence-electron chi connectivity index (χ2n) is 6.15. The Bertz CT molecular complexity index is 784. The summed E-state index contributed by atoms with van der Waals surface area (Å²) < 4.78 is 33.4. The summed E-state index contributed by atoms with van der Waals surface area (Å²) in [6.07, 6.45) is 0.644. The number of benzene rings is 2. The second kappa shape index (κ2) is 7.81. The van der Waals surface area contributed by atoms with Crippen molar-refractivity contribution < 1.29 is 13.2 Å². The summed E-state index contributed by atoms with van der Waals surface area (Å²) >= 11 is 0. The maximum atomic E-state index is 12.7. The third-order valence-electron chi connectivity index (χ3n) is 4.01. The van der Waals surface area contributed by atoms with Gasteiger partial charge in [-0.2, -0.15) is 0 Å². The van der Waals surface area contributed by atoms with Crippen molar-refractivity contribution in [2.24, 2.45) is 0 Å². The minimum Gasteiger partial charge on any atom is -0.495 e. The number of ether oxygens (including phenoxy) is 1. The lowest BCUT2D eigenvalue weighted by molar-refractivity contribution is 0.401. The highest BCUT2D eigenvalue weighted by atomic mass is 32.2. The molecular weight excluding hydrogens is 322 g/mol. The van der Waals surface area contributed by atoms with Crippen LogP contribution in [0.15, 0.2) is 47.4 Å². The number of rotatable bonds is 7. The molecule has 0 aliphatic carbocycles. The molecule has 0 aliphatic rings. The number of hydrogen-bond donors (Lipinski definition) is 1. The SMILES string of the molecule is COc1cc(C)c(C(C)C)cc1S(=O)(=O)NCCc1ccccc1. The highest BCUT2D eigenvalue weighted by Gasteiger charge is 2.21. The summed E-state index contributed by atoms with van der Waals surface area (Å²) in [5.74, 6) is 0.623. The first-order chi connectivity index (χ1) is 11.3. The molecule has 0 saturated heterocycles. The van der Waals surface area contributed by atoms with Gasteiger partial charge in [0.05, 0.1) is 7.11 Å². The Balaban J connectivity index is 2.23. The molecule has 0 radical (unpaired) electrons. The van der Waals surface area contributed by atoms with Crippen LogP contribution in [-0.2, 0) is 16.4 Å². The summed E-state index contributed by atoms with van der Waals surface area (Å²) in [5, 5.41) is 0. The van der Waals surface area contributed by atoms with Gasteiger partial charge in [0.1, 0.15) is 10.6 Å². The fourth-order valence-electron chi connectivity index (χ4n) is 2.72. The average Bonchev–Trinajstić information content (AvgIpc) is 2.54. The Hall–Kier alpha value is -1.85. The number of sulfonamides is 1. The first kappa shape index (κ1) is 18.5. The van der Waals surface area contributed by atoms with Crippen molar-refractivity contribution >= 4 is 10.0 Å². The molecule has 0 fully saturated rings. The molecule has 130 valence electrons. The number of aryl methyl sites for hydroxylation is 1. The molecule has 0 amide bonds. The van der Waals surface area contributed by atoms with Gasteiger partial charge in [-0.3, -0.25) is 0 Å². The van der Waals surface area contributed by atoms with Gasteiger partial charge in [0.25, 0.3) is 0 Å². The zero-order valence-electron chi connectivity index (χ0n) is 14.7. The molecule has 2 aromatic rings. The third kappa shape index (κ3) is 4.36. The number of methoxy groups -OCH3 is 1. The van der Waals surface area contributed by atoms with Crippen molar-refractivity contribution in [2.75, 3.05) is 13.7 Å². The van der Waals surface area contributed by atoms with Crippen LogP contribution in [0, 0.1) is 6.92 Å². The van der Waals surface area contributed by atoms with Crippen LogP contribution in [0.4, 0.5) is 0 Å². The van der Waals surface area contributed by atoms with Gasteiger partial charge in [0.15, 0.2) is 0 Å². The Labute approximate surface area is 144 Å². The highest BCUT2D eigenvalue weighted by molar-refractivity contribution is 7.89. The lowest BCUT2D eigenvalue weighted by atomic mass is 9.98. The summed E-state index contributed by atoms with van der Waals surface area (Å²) in [4.78, 5) is 0.201. The van der Waals surface area contributed by atoms with Gasteiger partial charge in [-0.05, 0) is 48.1 Å². The maximum Gasteiger partial charge on any atom is 0.244 e. The molecule has 24 heavy (non-hydrogen) atoms. The van der Waals surface area contributed by atoms with Crippen LogP contribution < -0.4 is 9.46 Å². The molecule has 0 bridgehead atoms. The first-order valence-corrected chi connectivity index (χ1v) is 9.55. The van der Waals surface area contributed by atoms with Crippen LogP contribution in [0.5, 0.6) is 5.75 Å². The van der Waals surface area contributed by atoms with Gasteiger partial charge in [0, 0.05) is 6.54 Å². The predicted molar refractivity (Wildman–Crippen MR) is 97.2 cm³/mol. The van der Waals surface area contributed by atoms with Gasteiger partial charge in [-0.25, -0.2) is 13.1 Å². The van der Waals surface area contributed by atoms with Crippen LogP contribution in [0.2, 0.25) is 0 Å². The minimum atomic E-state index is -3.62. The molecule has 4 nitrogen and oxygen atoms in total. The number of nitrogens with one attached hydrogen (secondary N) is 1. The fourth-order valence-corrected chi connectivity index (χ4v) is 3.94. The van der Waals surface area contributed by atoms with Crippen molar-refractivity contribution in [3.8, 4) is 5.75 Å². The van der Waals surface area contributed by atoms with E-state index >= 15 is 0 Å². The van der Waals surface area contributed by atoms with Gasteiger partial charge < -0.3 is 4.74 Å². The monoisotopic (exact) mass is 347 g/mol. The van der Waals surface area contributed by atoms with E-state index in [0.29, 0.717) is 18.7 Å². The Morgan fingerprint density at radius 1 is 1.12 bits per heavy atom. The number of hydrogen-bond acceptors (Lipinski definition) is 3. The lowest BCUT2D eigenvalue weighted by Crippen LogP contribution is -2.26. The zero-order valence-corrected chi connectivity index (χ0v) is 15.5. The molecule has 2 aromatic carbocycles. The van der Waals surface area contributed by atoms with Crippen molar-refractivity contribution in [1.29, 1.82) is 0 Å². The van der Waals surface area contributed by atoms with E-state index in [0.717, 1.165) is 16.7 Å². The molecule has 0 heterocycles. The first-order valence-electron chi connectivity index (χ1n) is 8.07. The van der Waals surface area contributed by atoms with Crippen molar-refractivity contribution in [3.05, 3.63) is 59.2 Å². The van der Waals surface area contributed by atoms with E-state index in [-0.39, 0.29) is 10.8 Å². The Morgan fingerprint density at radius 3 is 2.38 bits per heavy atom. The van der Waals surface area contributed by atoms with Crippen LogP contribution in [0.3, 0.4) is 0 Å². The zero-order chi connectivity index (χ0) is 17.7. The minimum absolute atomic E-state index is 0.201. The molecule has 5 heteroatoms. The van der Waals surface area contributed by atoms with Gasteiger partial charge in [0.2, 0.25) is 10.0 Å². The molecule has 0 unspecified atom stereocenters. The Morgan fingerprint density at radius 2 is 1.79 bits per heavy atom. The van der Waals surface area contributed by atoms with Gasteiger partial charge in [-0.15, -0.1) is 0 Å². The molecule has 0 aromatic heterocycles. The van der Waals surface area contributed by atoms with E-state index < -0.39 is 10.0 Å². The molecular formula is C19H25NO3S. The van der Waals surface area contributed by atoms with Crippen molar-refractivity contribution in [1.82, 2.24) is 4.72 Å². The van der Waals surface area contributed by atoms with Crippen LogP contribution in [-0.4, -0.2) is 22.1 Å². The lowest BCUT2D eigenvalue weighted by Gasteiger charge is -2.16. The maximum absolute atomic E-state index is 12.7. The smallest absolute Gasteiger partial charge is 0.244 e. The van der Waals surface area contributed by atoms with Crippen LogP contribution in [0.25, 0.3) is 0 Å². The highest BCUT2D eigenvalue weighted by Crippen LogP contribution is 2.30. The summed E-state index contributed by atoms with van der Waals surface area (Å²) in [6.45, 7) is 6.42. The average molecular weight is 347 g/mol. The van der Waals surface area contributed by atoms with Gasteiger partial charge >= 0.3 is 0 Å². The molecule has 0 aliphatic heterocycles. The van der Waals surface area contributed by atoms with Crippen molar-refractivity contribution in [2.45, 2.75) is 38.0 Å². The predicted octanol–water partition coefficient (Wildman–Crippen LogP) is 3.65. The van der Waals surface area contributed by atoms with Gasteiger partial charge in [-0.1, -0.05) is 44.2 Å². The second-order valence-corrected chi connectivity index (χ2v) is 7.88. The molecule has 2 rings (SSSR count).